The van der Waals surface area contributed by atoms with Gasteiger partial charge in [0.25, 0.3) is 0 Å². The van der Waals surface area contributed by atoms with Crippen LogP contribution in [0.3, 0.4) is 0 Å². The average Bonchev–Trinajstić information content (AvgIpc) is 2.74. The molecule has 2 aromatic rings. The van der Waals surface area contributed by atoms with E-state index in [1.165, 1.54) is 16.4 Å². The number of carbonyl (C=O) groups is 2. The molecule has 0 radical (unpaired) electrons. The molecule has 2 unspecified atom stereocenters. The van der Waals surface area contributed by atoms with Crippen LogP contribution in [-0.2, 0) is 26.0 Å². The Hall–Kier alpha value is -2.71. The molecule has 0 aliphatic carbocycles. The van der Waals surface area contributed by atoms with Crippen LogP contribution >= 0.6 is 0 Å². The molecule has 0 saturated carbocycles. The highest BCUT2D eigenvalue weighted by molar-refractivity contribution is 7.89. The minimum absolute atomic E-state index is 0.149. The lowest BCUT2D eigenvalue weighted by molar-refractivity contribution is -0.130. The van der Waals surface area contributed by atoms with Gasteiger partial charge >= 0.3 is 0 Å². The third-order valence-corrected chi connectivity index (χ3v) is 6.97. The Morgan fingerprint density at radius 1 is 1.03 bits per heavy atom. The van der Waals surface area contributed by atoms with Crippen LogP contribution in [0.2, 0.25) is 0 Å². The first-order valence-electron chi connectivity index (χ1n) is 9.60. The summed E-state index contributed by atoms with van der Waals surface area (Å²) in [4.78, 5) is 25.0. The molecule has 0 spiro atoms. The molecule has 1 saturated heterocycles. The number of hydrogen-bond donors (Lipinski definition) is 2. The summed E-state index contributed by atoms with van der Waals surface area (Å²) >= 11 is 0. The van der Waals surface area contributed by atoms with Crippen LogP contribution in [-0.4, -0.2) is 43.2 Å². The van der Waals surface area contributed by atoms with Gasteiger partial charge in [-0.2, -0.15) is 4.31 Å². The number of hydrogen-bond acceptors (Lipinski definition) is 4. The van der Waals surface area contributed by atoms with Crippen LogP contribution in [0.15, 0.2) is 65.6 Å². The number of primary amides is 1. The fraction of sp³-hybridized carbons (Fsp3) is 0.333. The summed E-state index contributed by atoms with van der Waals surface area (Å²) in [5.74, 6) is -1.15. The van der Waals surface area contributed by atoms with Gasteiger partial charge in [0.15, 0.2) is 0 Å². The Labute approximate surface area is 171 Å². The summed E-state index contributed by atoms with van der Waals surface area (Å²) in [6.07, 6.45) is 2.06. The molecule has 1 aliphatic heterocycles. The zero-order valence-electron chi connectivity index (χ0n) is 16.0. The zero-order chi connectivity index (χ0) is 20.9. The summed E-state index contributed by atoms with van der Waals surface area (Å²) in [6.45, 7) is 0.259. The molecule has 154 valence electrons. The number of nitrogens with one attached hydrogen (secondary N) is 1. The lowest BCUT2D eigenvalue weighted by Crippen LogP contribution is -2.56. The third kappa shape index (κ3) is 5.02. The maximum atomic E-state index is 13.1. The molecular weight excluding hydrogens is 390 g/mol. The monoisotopic (exact) mass is 415 g/mol. The molecule has 0 bridgehead atoms. The minimum Gasteiger partial charge on any atom is -0.368 e. The molecule has 29 heavy (non-hydrogen) atoms. The van der Waals surface area contributed by atoms with Gasteiger partial charge in [0, 0.05) is 13.0 Å². The minimum atomic E-state index is -3.81. The molecule has 1 heterocycles. The van der Waals surface area contributed by atoms with Crippen molar-refractivity contribution < 1.29 is 18.0 Å². The van der Waals surface area contributed by atoms with Gasteiger partial charge < -0.3 is 11.1 Å². The van der Waals surface area contributed by atoms with E-state index in [-0.39, 0.29) is 17.9 Å². The second-order valence-corrected chi connectivity index (χ2v) is 8.98. The predicted molar refractivity (Wildman–Crippen MR) is 109 cm³/mol. The summed E-state index contributed by atoms with van der Waals surface area (Å²) in [5, 5.41) is 2.67. The van der Waals surface area contributed by atoms with Gasteiger partial charge in [0.05, 0.1) is 4.90 Å². The van der Waals surface area contributed by atoms with Crippen molar-refractivity contribution >= 4 is 21.8 Å². The lowest BCUT2D eigenvalue weighted by Gasteiger charge is -2.34. The van der Waals surface area contributed by atoms with Crippen LogP contribution in [0.4, 0.5) is 0 Å². The summed E-state index contributed by atoms with van der Waals surface area (Å²) in [7, 11) is -3.81. The van der Waals surface area contributed by atoms with Crippen LogP contribution in [0.5, 0.6) is 0 Å². The zero-order valence-corrected chi connectivity index (χ0v) is 16.8. The van der Waals surface area contributed by atoms with Crippen molar-refractivity contribution in [3.05, 3.63) is 66.2 Å². The van der Waals surface area contributed by atoms with Gasteiger partial charge in [-0.1, -0.05) is 55.0 Å². The average molecular weight is 416 g/mol. The fourth-order valence-corrected chi connectivity index (χ4v) is 5.20. The Bertz CT molecular complexity index is 948. The van der Waals surface area contributed by atoms with Gasteiger partial charge in [-0.25, -0.2) is 8.42 Å². The molecule has 8 heteroatoms. The quantitative estimate of drug-likeness (QED) is 0.713. The molecule has 0 aromatic heterocycles. The van der Waals surface area contributed by atoms with Crippen molar-refractivity contribution in [1.82, 2.24) is 9.62 Å². The second-order valence-electron chi connectivity index (χ2n) is 7.09. The van der Waals surface area contributed by atoms with E-state index in [0.29, 0.717) is 12.8 Å². The molecule has 2 atom stereocenters. The number of rotatable bonds is 7. The summed E-state index contributed by atoms with van der Waals surface area (Å²) in [6, 6.07) is 15.5. The van der Waals surface area contributed by atoms with Crippen molar-refractivity contribution in [3.63, 3.8) is 0 Å². The number of sulfonamides is 1. The van der Waals surface area contributed by atoms with Crippen molar-refractivity contribution in [2.45, 2.75) is 42.7 Å². The highest BCUT2D eigenvalue weighted by Gasteiger charge is 2.38. The highest BCUT2D eigenvalue weighted by atomic mass is 32.2. The molecule has 1 fully saturated rings. The standard InChI is InChI=1S/C21H25N3O4S/c22-20(25)18(15-16-9-3-1-4-10-16)23-21(26)19-13-7-8-14-24(19)29(27,28)17-11-5-2-6-12-17/h1-6,9-12,18-19H,7-8,13-15H2,(H2,22,25)(H,23,26). The fourth-order valence-electron chi connectivity index (χ4n) is 3.52. The van der Waals surface area contributed by atoms with Gasteiger partial charge in [0.1, 0.15) is 12.1 Å². The van der Waals surface area contributed by atoms with E-state index in [2.05, 4.69) is 5.32 Å². The number of benzene rings is 2. The Morgan fingerprint density at radius 3 is 2.28 bits per heavy atom. The van der Waals surface area contributed by atoms with Gasteiger partial charge in [0.2, 0.25) is 21.8 Å². The Morgan fingerprint density at radius 2 is 1.66 bits per heavy atom. The van der Waals surface area contributed by atoms with Crippen molar-refractivity contribution in [3.8, 4) is 0 Å². The SMILES string of the molecule is NC(=O)C(Cc1ccccc1)NC(=O)C1CCCCN1S(=O)(=O)c1ccccc1. The van der Waals surface area contributed by atoms with Gasteiger partial charge in [-0.05, 0) is 30.5 Å². The smallest absolute Gasteiger partial charge is 0.243 e. The first kappa shape index (κ1) is 21.0. The first-order valence-corrected chi connectivity index (χ1v) is 11.0. The van der Waals surface area contributed by atoms with Crippen LogP contribution in [0.1, 0.15) is 24.8 Å². The van der Waals surface area contributed by atoms with Crippen LogP contribution in [0, 0.1) is 0 Å². The van der Waals surface area contributed by atoms with Crippen molar-refractivity contribution in [2.24, 2.45) is 5.73 Å². The summed E-state index contributed by atoms with van der Waals surface area (Å²) in [5.41, 5.74) is 6.34. The highest BCUT2D eigenvalue weighted by Crippen LogP contribution is 2.25. The molecule has 1 aliphatic rings. The second kappa shape index (κ2) is 9.19. The maximum Gasteiger partial charge on any atom is 0.243 e. The van der Waals surface area contributed by atoms with Crippen LogP contribution in [0.25, 0.3) is 0 Å². The lowest BCUT2D eigenvalue weighted by atomic mass is 10.0. The number of piperidine rings is 1. The predicted octanol–water partition coefficient (Wildman–Crippen LogP) is 1.44. The largest absolute Gasteiger partial charge is 0.368 e. The molecule has 3 N–H and O–H groups in total. The third-order valence-electron chi connectivity index (χ3n) is 5.05. The normalized spacial score (nSPS) is 18.7. The first-order chi connectivity index (χ1) is 13.9. The van der Waals surface area contributed by atoms with Crippen molar-refractivity contribution in [1.29, 1.82) is 0 Å². The maximum absolute atomic E-state index is 13.1. The van der Waals surface area contributed by atoms with E-state index in [1.54, 1.807) is 18.2 Å². The number of nitrogens with two attached hydrogens (primary N) is 1. The van der Waals surface area contributed by atoms with Crippen LogP contribution < -0.4 is 11.1 Å². The summed E-state index contributed by atoms with van der Waals surface area (Å²) < 4.78 is 27.4. The molecule has 2 amide bonds. The number of nitrogens with zero attached hydrogens (tertiary/aromatic N) is 1. The Kier molecular flexibility index (Phi) is 6.66. The van der Waals surface area contributed by atoms with E-state index in [4.69, 9.17) is 5.73 Å². The van der Waals surface area contributed by atoms with Gasteiger partial charge in [-0.15, -0.1) is 0 Å². The topological polar surface area (TPSA) is 110 Å². The van der Waals surface area contributed by atoms with Gasteiger partial charge in [-0.3, -0.25) is 9.59 Å². The molecule has 2 aromatic carbocycles. The van der Waals surface area contributed by atoms with E-state index in [1.807, 2.05) is 30.3 Å². The molecule has 3 rings (SSSR count). The molecular formula is C21H25N3O4S. The van der Waals surface area contributed by atoms with E-state index < -0.39 is 33.9 Å². The van der Waals surface area contributed by atoms with Crippen molar-refractivity contribution in [2.75, 3.05) is 6.54 Å². The molecule has 7 nitrogen and oxygen atoms in total. The van der Waals surface area contributed by atoms with E-state index >= 15 is 0 Å². The number of amides is 2. The van der Waals surface area contributed by atoms with E-state index in [0.717, 1.165) is 12.0 Å². The Balaban J connectivity index is 1.79. The van der Waals surface area contributed by atoms with E-state index in [9.17, 15) is 18.0 Å². The number of carbonyl (C=O) groups excluding carboxylic acids is 2.